The molecule has 0 unspecified atom stereocenters. The normalized spacial score (nSPS) is 10.1. The molecule has 0 radical (unpaired) electrons. The Bertz CT molecular complexity index is 1990. The van der Waals surface area contributed by atoms with E-state index in [1.807, 2.05) is 0 Å². The first kappa shape index (κ1) is 44.9. The van der Waals surface area contributed by atoms with E-state index >= 15 is 0 Å². The fourth-order valence-electron chi connectivity index (χ4n) is 5.01. The minimum Gasteiger partial charge on any atom is -0.680 e. The van der Waals surface area contributed by atoms with Gasteiger partial charge in [-0.15, -0.1) is 0 Å². The Kier molecular flexibility index (Phi) is 18.3. The molecule has 6 aromatic carbocycles. The number of methoxy groups -OCH3 is 2. The average molecular weight is 843 g/mol. The maximum absolute atomic E-state index is 12.2. The number of carbonyl (C=O) groups is 4. The van der Waals surface area contributed by atoms with Crippen LogP contribution in [0.5, 0.6) is 34.5 Å². The van der Waals surface area contributed by atoms with E-state index in [0.29, 0.717) is 82.8 Å². The van der Waals surface area contributed by atoms with Crippen molar-refractivity contribution in [2.24, 2.45) is 0 Å². The topological polar surface area (TPSA) is 142 Å². The van der Waals surface area contributed by atoms with E-state index in [1.165, 1.54) is 0 Å². The fraction of sp³-hybridized carbons (Fsp3) is 0.174. The Labute approximate surface area is 352 Å². The largest absolute Gasteiger partial charge is 0.680 e. The van der Waals surface area contributed by atoms with Crippen LogP contribution in [0.1, 0.15) is 54.3 Å². The predicted molar refractivity (Wildman–Crippen MR) is 214 cm³/mol. The smallest absolute Gasteiger partial charge is 0.343 e. The molecule has 0 aliphatic carbocycles. The molecule has 6 aromatic rings. The third-order valence-corrected chi connectivity index (χ3v) is 8.10. The van der Waals surface area contributed by atoms with Crippen LogP contribution in [0.15, 0.2) is 146 Å². The van der Waals surface area contributed by atoms with Crippen molar-refractivity contribution in [2.45, 2.75) is 12.8 Å². The molecule has 0 amide bonds. The SMILES string of the molecule is COc1ccc(OC(=O)c2ccc(OCCCOC(=O)[c-]3[cH-][cH-][cH-][cH-]3)cc2)cc1.COc1ccc(OC(=O)c2ccc(OCCCOC(=O)[c-]3cccc3)cc2)cc1.[Fe]. The summed E-state index contributed by atoms with van der Waals surface area (Å²) in [7, 11) is 3.14. The third-order valence-electron chi connectivity index (χ3n) is 8.10. The summed E-state index contributed by atoms with van der Waals surface area (Å²) in [5, 5.41) is 0. The summed E-state index contributed by atoms with van der Waals surface area (Å²) in [6, 6.07) is 40.8. The maximum atomic E-state index is 12.2. The zero-order chi connectivity index (χ0) is 41.0. The van der Waals surface area contributed by atoms with Gasteiger partial charge in [-0.05, 0) is 97.1 Å². The molecule has 0 aliphatic heterocycles. The van der Waals surface area contributed by atoms with Gasteiger partial charge in [-0.3, -0.25) is 4.79 Å². The Morgan fingerprint density at radius 3 is 1.27 bits per heavy atom. The van der Waals surface area contributed by atoms with Crippen molar-refractivity contribution in [1.82, 2.24) is 0 Å². The van der Waals surface area contributed by atoms with E-state index in [0.717, 1.165) is 0 Å². The van der Waals surface area contributed by atoms with Gasteiger partial charge in [0.2, 0.25) is 0 Å². The quantitative estimate of drug-likeness (QED) is 0.0269. The van der Waals surface area contributed by atoms with Crippen LogP contribution in [-0.2, 0) is 26.5 Å². The first-order chi connectivity index (χ1) is 28.3. The summed E-state index contributed by atoms with van der Waals surface area (Å²) in [6.07, 6.45) is 1.13. The van der Waals surface area contributed by atoms with Crippen molar-refractivity contribution >= 4 is 23.9 Å². The zero-order valence-electron chi connectivity index (χ0n) is 32.4. The summed E-state index contributed by atoms with van der Waals surface area (Å²) in [5.41, 5.74) is 1.92. The first-order valence-corrected chi connectivity index (χ1v) is 18.3. The van der Waals surface area contributed by atoms with Crippen LogP contribution < -0.4 is 28.4 Å². The molecule has 312 valence electrons. The van der Waals surface area contributed by atoms with Crippen molar-refractivity contribution in [2.75, 3.05) is 40.6 Å². The van der Waals surface area contributed by atoms with E-state index in [9.17, 15) is 19.2 Å². The van der Waals surface area contributed by atoms with Crippen LogP contribution in [0.2, 0.25) is 0 Å². The van der Waals surface area contributed by atoms with Gasteiger partial charge in [0, 0.05) is 29.9 Å². The van der Waals surface area contributed by atoms with Crippen molar-refractivity contribution in [3.8, 4) is 34.5 Å². The molecule has 0 N–H and O–H groups in total. The van der Waals surface area contributed by atoms with Gasteiger partial charge >= 0.3 is 11.9 Å². The van der Waals surface area contributed by atoms with Gasteiger partial charge in [-0.2, -0.15) is 12.1 Å². The monoisotopic (exact) mass is 842 g/mol. The Morgan fingerprint density at radius 1 is 0.492 bits per heavy atom. The second-order valence-corrected chi connectivity index (χ2v) is 12.2. The van der Waals surface area contributed by atoms with Crippen LogP contribution in [0.25, 0.3) is 0 Å². The van der Waals surface area contributed by atoms with Crippen LogP contribution in [0.3, 0.4) is 0 Å². The summed E-state index contributed by atoms with van der Waals surface area (Å²) in [5.74, 6) is 1.90. The van der Waals surface area contributed by atoms with Crippen molar-refractivity contribution in [3.63, 3.8) is 0 Å². The number of carbonyl (C=O) groups excluding carboxylic acids is 4. The summed E-state index contributed by atoms with van der Waals surface area (Å²) in [6.45, 7) is 1.33. The minimum absolute atomic E-state index is 0. The standard InChI is InChI=1S/2C23H21O6.Fe/c2*1-26-19-11-13-21(14-12-19)29-23(25)18-7-9-20(10-8-18)27-15-4-16-28-22(24)17-5-2-3-6-17;/h2*2-3,5-14H,4,15-16H2,1H3;/q-5;-1;. The molecule has 0 bridgehead atoms. The minimum atomic E-state index is -0.457. The number of esters is 4. The number of ether oxygens (including phenoxy) is 8. The Morgan fingerprint density at radius 2 is 0.864 bits per heavy atom. The predicted octanol–water partition coefficient (Wildman–Crippen LogP) is 8.52. The zero-order valence-corrected chi connectivity index (χ0v) is 33.5. The number of rotatable bonds is 18. The van der Waals surface area contributed by atoms with Gasteiger partial charge in [0.25, 0.3) is 5.97 Å². The van der Waals surface area contributed by atoms with E-state index in [4.69, 9.17) is 37.9 Å². The number of hydrogen-bond donors (Lipinski definition) is 0. The maximum Gasteiger partial charge on any atom is 0.343 e. The molecule has 0 aliphatic rings. The van der Waals surface area contributed by atoms with Gasteiger partial charge in [0.15, 0.2) is 0 Å². The molecule has 0 heterocycles. The average Bonchev–Trinajstić information content (AvgIpc) is 4.01. The number of hydrogen-bond acceptors (Lipinski definition) is 12. The van der Waals surface area contributed by atoms with E-state index in [2.05, 4.69) is 0 Å². The second kappa shape index (κ2) is 24.1. The summed E-state index contributed by atoms with van der Waals surface area (Å²) < 4.78 is 42.3. The fourth-order valence-corrected chi connectivity index (χ4v) is 5.01. The molecule has 0 atom stereocenters. The molecular weight excluding hydrogens is 800 g/mol. The van der Waals surface area contributed by atoms with Crippen LogP contribution in [-0.4, -0.2) is 64.5 Å². The van der Waals surface area contributed by atoms with E-state index in [1.54, 1.807) is 160 Å². The van der Waals surface area contributed by atoms with Gasteiger partial charge in [-0.25, -0.2) is 21.7 Å². The van der Waals surface area contributed by atoms with Crippen molar-refractivity contribution in [3.05, 3.63) is 168 Å². The molecule has 12 nitrogen and oxygen atoms in total. The second-order valence-electron chi connectivity index (χ2n) is 12.2. The van der Waals surface area contributed by atoms with Gasteiger partial charge < -0.3 is 72.5 Å². The first-order valence-electron chi connectivity index (χ1n) is 18.3. The van der Waals surface area contributed by atoms with Crippen molar-refractivity contribution < 1.29 is 74.1 Å². The molecule has 0 saturated heterocycles. The Balaban J connectivity index is 0.000000256. The summed E-state index contributed by atoms with van der Waals surface area (Å²) in [4.78, 5) is 47.8. The number of benzene rings is 4. The molecule has 0 spiro atoms. The van der Waals surface area contributed by atoms with E-state index in [-0.39, 0.29) is 42.2 Å². The van der Waals surface area contributed by atoms with E-state index < -0.39 is 11.9 Å². The van der Waals surface area contributed by atoms with Gasteiger partial charge in [0.05, 0.1) is 51.8 Å². The molecule has 0 saturated carbocycles. The van der Waals surface area contributed by atoms with Gasteiger partial charge in [-0.1, -0.05) is 11.5 Å². The third kappa shape index (κ3) is 14.9. The van der Waals surface area contributed by atoms with Crippen molar-refractivity contribution in [1.29, 1.82) is 0 Å². The van der Waals surface area contributed by atoms with Crippen LogP contribution in [0, 0.1) is 0 Å². The van der Waals surface area contributed by atoms with Gasteiger partial charge in [0.1, 0.15) is 34.5 Å². The molecule has 13 heteroatoms. The molecule has 6 rings (SSSR count). The molecule has 0 fully saturated rings. The molecule has 59 heavy (non-hydrogen) atoms. The molecule has 0 aromatic heterocycles. The Hall–Kier alpha value is -6.82. The van der Waals surface area contributed by atoms with Crippen LogP contribution in [0.4, 0.5) is 0 Å². The van der Waals surface area contributed by atoms with Crippen LogP contribution >= 0.6 is 0 Å². The summed E-state index contributed by atoms with van der Waals surface area (Å²) >= 11 is 0. The molecular formula is C46H42FeO12-6.